The zero-order valence-corrected chi connectivity index (χ0v) is 37.0. The number of nitrogens with one attached hydrogen (secondary N) is 3. The highest BCUT2D eigenvalue weighted by Gasteiger charge is 2.51. The first-order valence-electron chi connectivity index (χ1n) is 21.2. The minimum atomic E-state index is -4.87. The molecule has 3 aliphatic rings. The van der Waals surface area contributed by atoms with Crippen molar-refractivity contribution in [2.45, 2.75) is 69.6 Å². The van der Waals surface area contributed by atoms with Crippen molar-refractivity contribution in [3.63, 3.8) is 0 Å². The number of benzene rings is 4. The van der Waals surface area contributed by atoms with Gasteiger partial charge < -0.3 is 20.9 Å². The average Bonchev–Trinajstić information content (AvgIpc) is 3.78. The fourth-order valence-corrected chi connectivity index (χ4v) is 9.20. The largest absolute Gasteiger partial charge is 0.417 e. The SMILES string of the molecule is Cn1ncnc1C1C2=NCC(=O)c3cc(F)cc(c32)N[C@@H]1c1ccc(NC(=O)CCCCCCNC(=O)c2ccc(N3C(=S)N(c4ccc(C#N)c(C(F)(F)F)c4)C(=O)C3(C)C)cc2F)cc1. The molecule has 0 bridgehead atoms. The molecule has 1 saturated heterocycles. The standard InChI is InChI=1S/C47H41F5N10O4S/c1-46(2)44(66)61(29-14-11-26(22-53)33(20-29)47(50,51)52)45(67)62(46)30-15-16-31(34(49)21-30)43(65)54-17-7-5-4-6-8-37(64)58-28-12-9-25(10-13-28)40-39(42-56-24-57-60(42)3)41-38-32(36(63)23-55-41)18-27(48)19-35(38)59-40/h9-16,18-21,24,39-40,59H,4-8,17,23H2,1-3H3,(H,54,65)(H,58,64)/t39?,40-/m1/s1. The van der Waals surface area contributed by atoms with Gasteiger partial charge in [0.05, 0.1) is 46.1 Å². The molecule has 3 aliphatic heterocycles. The number of alkyl halides is 3. The first-order valence-corrected chi connectivity index (χ1v) is 21.6. The Hall–Kier alpha value is -7.40. The van der Waals surface area contributed by atoms with E-state index in [1.165, 1.54) is 61.5 Å². The number of ketones is 1. The number of nitrogens with zero attached hydrogens (tertiary/aromatic N) is 7. The molecule has 5 aromatic rings. The van der Waals surface area contributed by atoms with Crippen LogP contribution in [0.15, 0.2) is 84.1 Å². The molecule has 4 aromatic carbocycles. The van der Waals surface area contributed by atoms with E-state index in [4.69, 9.17) is 12.2 Å². The fourth-order valence-electron chi connectivity index (χ4n) is 8.68. The second-order valence-electron chi connectivity index (χ2n) is 16.8. The maximum Gasteiger partial charge on any atom is 0.417 e. The minimum absolute atomic E-state index is 0.0961. The minimum Gasteiger partial charge on any atom is -0.376 e. The number of aromatic nitrogens is 3. The van der Waals surface area contributed by atoms with Crippen molar-refractivity contribution in [1.82, 2.24) is 20.1 Å². The van der Waals surface area contributed by atoms with Crippen molar-refractivity contribution >= 4 is 69.3 Å². The summed E-state index contributed by atoms with van der Waals surface area (Å²) in [5.74, 6) is -3.11. The third kappa shape index (κ3) is 8.86. The molecule has 3 amide bonds. The van der Waals surface area contributed by atoms with E-state index in [1.54, 1.807) is 23.9 Å². The first kappa shape index (κ1) is 46.1. The lowest BCUT2D eigenvalue weighted by atomic mass is 9.78. The molecule has 344 valence electrons. The molecule has 3 N–H and O–H groups in total. The van der Waals surface area contributed by atoms with Crippen molar-refractivity contribution in [2.24, 2.45) is 12.0 Å². The summed E-state index contributed by atoms with van der Waals surface area (Å²) in [6.45, 7) is 3.08. The van der Waals surface area contributed by atoms with Gasteiger partial charge in [-0.2, -0.15) is 23.5 Å². The van der Waals surface area contributed by atoms with Crippen molar-refractivity contribution in [1.29, 1.82) is 5.26 Å². The van der Waals surface area contributed by atoms with Crippen LogP contribution in [0, 0.1) is 23.0 Å². The molecular formula is C47H41F5N10O4S. The van der Waals surface area contributed by atoms with E-state index in [1.807, 2.05) is 12.1 Å². The quantitative estimate of drug-likeness (QED) is 0.0593. The van der Waals surface area contributed by atoms with Crippen molar-refractivity contribution in [3.05, 3.63) is 130 Å². The molecule has 0 spiro atoms. The second kappa shape index (κ2) is 18.1. The number of Topliss-reactive ketones (excluding diaryl/α,β-unsaturated/α-hetero) is 1. The number of aryl methyl sites for hydroxylation is 1. The molecule has 2 atom stereocenters. The van der Waals surface area contributed by atoms with Crippen LogP contribution in [0.3, 0.4) is 0 Å². The van der Waals surface area contributed by atoms with Crippen LogP contribution in [0.5, 0.6) is 0 Å². The second-order valence-corrected chi connectivity index (χ2v) is 17.1. The zero-order valence-electron chi connectivity index (χ0n) is 36.2. The highest BCUT2D eigenvalue weighted by atomic mass is 32.1. The average molecular weight is 937 g/mol. The zero-order chi connectivity index (χ0) is 47.9. The molecule has 0 radical (unpaired) electrons. The van der Waals surface area contributed by atoms with Crippen molar-refractivity contribution in [3.8, 4) is 6.07 Å². The van der Waals surface area contributed by atoms with Crippen LogP contribution in [0.4, 0.5) is 44.7 Å². The smallest absolute Gasteiger partial charge is 0.376 e. The number of unbranched alkanes of at least 4 members (excludes halogenated alkanes) is 3. The molecule has 8 rings (SSSR count). The number of hydrogen-bond acceptors (Lipinski definition) is 10. The number of rotatable bonds is 13. The molecule has 67 heavy (non-hydrogen) atoms. The molecule has 1 fully saturated rings. The van der Waals surface area contributed by atoms with E-state index in [2.05, 4.69) is 31.0 Å². The highest BCUT2D eigenvalue weighted by Crippen LogP contribution is 2.45. The van der Waals surface area contributed by atoms with Gasteiger partial charge in [0.2, 0.25) is 5.91 Å². The van der Waals surface area contributed by atoms with Crippen LogP contribution in [0.25, 0.3) is 0 Å². The van der Waals surface area contributed by atoms with Crippen LogP contribution in [0.2, 0.25) is 0 Å². The summed E-state index contributed by atoms with van der Waals surface area (Å²) in [5, 5.41) is 22.2. The van der Waals surface area contributed by atoms with Crippen LogP contribution >= 0.6 is 12.2 Å². The Kier molecular flexibility index (Phi) is 12.5. The summed E-state index contributed by atoms with van der Waals surface area (Å²) >= 11 is 5.53. The van der Waals surface area contributed by atoms with Crippen LogP contribution in [-0.4, -0.2) is 67.7 Å². The van der Waals surface area contributed by atoms with Gasteiger partial charge >= 0.3 is 6.18 Å². The number of hydrogen-bond donors (Lipinski definition) is 3. The lowest BCUT2D eigenvalue weighted by Gasteiger charge is -2.37. The topological polar surface area (TPSA) is 178 Å². The third-order valence-corrected chi connectivity index (χ3v) is 12.4. The molecule has 4 heterocycles. The Bertz CT molecular complexity index is 2930. The van der Waals surface area contributed by atoms with E-state index in [9.17, 15) is 42.0 Å². The number of nitriles is 1. The van der Waals surface area contributed by atoms with Crippen LogP contribution < -0.4 is 25.8 Å². The van der Waals surface area contributed by atoms with E-state index >= 15 is 4.39 Å². The molecular weight excluding hydrogens is 896 g/mol. The Labute approximate surface area is 385 Å². The van der Waals surface area contributed by atoms with E-state index in [-0.39, 0.29) is 58.8 Å². The number of amides is 3. The lowest BCUT2D eigenvalue weighted by Crippen LogP contribution is -2.44. The molecule has 20 heteroatoms. The summed E-state index contributed by atoms with van der Waals surface area (Å²) in [5.41, 5.74) is -0.412. The number of anilines is 4. The molecule has 14 nitrogen and oxygen atoms in total. The number of carbonyl (C=O) groups is 4. The van der Waals surface area contributed by atoms with E-state index in [0.29, 0.717) is 60.2 Å². The fraction of sp³-hybridized carbons (Fsp3) is 0.298. The molecule has 1 aromatic heterocycles. The number of thiocarbonyl (C=S) groups is 1. The van der Waals surface area contributed by atoms with Gasteiger partial charge in [-0.15, -0.1) is 0 Å². The van der Waals surface area contributed by atoms with Crippen molar-refractivity contribution < 1.29 is 41.1 Å². The Morgan fingerprint density at radius 2 is 1.70 bits per heavy atom. The van der Waals surface area contributed by atoms with Gasteiger partial charge in [-0.1, -0.05) is 25.0 Å². The van der Waals surface area contributed by atoms with Gasteiger partial charge in [0.15, 0.2) is 10.9 Å². The maximum absolute atomic E-state index is 15.5. The number of carbonyl (C=O) groups excluding carboxylic acids is 4. The summed E-state index contributed by atoms with van der Waals surface area (Å²) in [6.07, 6.45) is -0.703. The summed E-state index contributed by atoms with van der Waals surface area (Å²) in [6, 6.07) is 17.3. The number of halogens is 5. The van der Waals surface area contributed by atoms with Gasteiger partial charge in [-0.3, -0.25) is 33.8 Å². The van der Waals surface area contributed by atoms with Gasteiger partial charge in [0.1, 0.15) is 35.9 Å². The van der Waals surface area contributed by atoms with Gasteiger partial charge in [0.25, 0.3) is 11.8 Å². The summed E-state index contributed by atoms with van der Waals surface area (Å²) in [7, 11) is 1.76. The lowest BCUT2D eigenvalue weighted by molar-refractivity contribution is -0.137. The molecule has 0 saturated carbocycles. The predicted molar refractivity (Wildman–Crippen MR) is 242 cm³/mol. The van der Waals surface area contributed by atoms with Crippen LogP contribution in [0.1, 0.15) is 107 Å². The maximum atomic E-state index is 15.5. The van der Waals surface area contributed by atoms with E-state index in [0.717, 1.165) is 22.6 Å². The predicted octanol–water partition coefficient (Wildman–Crippen LogP) is 8.16. The Balaban J connectivity index is 0.810. The van der Waals surface area contributed by atoms with Gasteiger partial charge in [-0.25, -0.2) is 13.8 Å². The van der Waals surface area contributed by atoms with Crippen LogP contribution in [-0.2, 0) is 22.8 Å². The third-order valence-electron chi connectivity index (χ3n) is 12.0. The molecule has 0 aliphatic carbocycles. The number of aliphatic imine (C=N–C) groups is 1. The first-order chi connectivity index (χ1) is 31.9. The Morgan fingerprint density at radius 1 is 0.970 bits per heavy atom. The van der Waals surface area contributed by atoms with Gasteiger partial charge in [-0.05, 0) is 105 Å². The monoisotopic (exact) mass is 936 g/mol. The summed E-state index contributed by atoms with van der Waals surface area (Å²) in [4.78, 5) is 63.4. The van der Waals surface area contributed by atoms with Crippen molar-refractivity contribution in [2.75, 3.05) is 33.5 Å². The highest BCUT2D eigenvalue weighted by molar-refractivity contribution is 7.81. The summed E-state index contributed by atoms with van der Waals surface area (Å²) < 4.78 is 72.9. The van der Waals surface area contributed by atoms with E-state index < -0.39 is 58.3 Å². The normalized spacial score (nSPS) is 17.4. The Morgan fingerprint density at radius 3 is 2.39 bits per heavy atom. The van der Waals surface area contributed by atoms with Gasteiger partial charge in [0, 0.05) is 48.2 Å². The molecule has 1 unspecified atom stereocenters.